The second-order valence-corrected chi connectivity index (χ2v) is 13.9. The fourth-order valence-corrected chi connectivity index (χ4v) is 6.72. The molecule has 0 radical (unpaired) electrons. The minimum atomic E-state index is -1.01. The molecule has 1 fully saturated rings. The Labute approximate surface area is 255 Å². The van der Waals surface area contributed by atoms with Crippen LogP contribution >= 0.6 is 11.3 Å². The Morgan fingerprint density at radius 3 is 2.67 bits per heavy atom. The number of nitrogens with one attached hydrogen (secondary N) is 2. The van der Waals surface area contributed by atoms with Gasteiger partial charge in [0, 0.05) is 67.9 Å². The van der Waals surface area contributed by atoms with Crippen molar-refractivity contribution in [2.45, 2.75) is 82.8 Å². The summed E-state index contributed by atoms with van der Waals surface area (Å²) in [6.45, 7) is 6.52. The minimum Gasteiger partial charge on any atom is -0.471 e. The van der Waals surface area contributed by atoms with E-state index in [1.165, 1.54) is 30.6 Å². The number of methoxy groups -OCH3 is 1. The highest BCUT2D eigenvalue weighted by molar-refractivity contribution is 7.13. The Bertz CT molecular complexity index is 1410. The molecule has 0 saturated heterocycles. The molecule has 0 unspecified atom stereocenters. The molecule has 4 N–H and O–H groups in total. The van der Waals surface area contributed by atoms with E-state index in [9.17, 15) is 19.4 Å². The molecule has 3 heterocycles. The van der Waals surface area contributed by atoms with Gasteiger partial charge in [-0.15, -0.1) is 11.3 Å². The minimum absolute atomic E-state index is 0.0772. The average molecular weight is 613 g/mol. The highest BCUT2D eigenvalue weighted by atomic mass is 32.1. The number of aliphatic hydroxyl groups excluding tert-OH is 2. The van der Waals surface area contributed by atoms with Crippen molar-refractivity contribution in [1.82, 2.24) is 20.6 Å². The first-order valence-corrected chi connectivity index (χ1v) is 15.5. The first-order chi connectivity index (χ1) is 20.4. The molecule has 1 amide bonds. The number of amides is 1. The van der Waals surface area contributed by atoms with Crippen LogP contribution in [0.1, 0.15) is 62.8 Å². The number of ether oxygens (including phenoxy) is 2. The number of aliphatic hydroxyl groups is 2. The van der Waals surface area contributed by atoms with Gasteiger partial charge in [-0.05, 0) is 53.6 Å². The number of hydrogen-bond acceptors (Lipinski definition) is 9. The normalized spacial score (nSPS) is 22.8. The van der Waals surface area contributed by atoms with E-state index in [-0.39, 0.29) is 36.9 Å². The van der Waals surface area contributed by atoms with Crippen LogP contribution in [0, 0.1) is 11.2 Å². The maximum atomic E-state index is 14.6. The highest BCUT2D eigenvalue weighted by Gasteiger charge is 2.51. The average Bonchev–Trinajstić information content (AvgIpc) is 3.45. The summed E-state index contributed by atoms with van der Waals surface area (Å²) in [7, 11) is 1.43. The molecule has 1 aromatic carbocycles. The van der Waals surface area contributed by atoms with Crippen LogP contribution in [0.25, 0.3) is 10.6 Å². The fraction of sp³-hybridized carbons (Fsp3) is 0.531. The predicted molar refractivity (Wildman–Crippen MR) is 162 cm³/mol. The molecule has 11 heteroatoms. The van der Waals surface area contributed by atoms with E-state index in [1.807, 2.05) is 17.6 Å². The lowest BCUT2D eigenvalue weighted by atomic mass is 9.71. The maximum Gasteiger partial charge on any atom is 0.246 e. The molecule has 1 aliphatic heterocycles. The van der Waals surface area contributed by atoms with Crippen LogP contribution in [0.5, 0.6) is 5.88 Å². The van der Waals surface area contributed by atoms with Crippen LogP contribution < -0.4 is 15.4 Å². The number of benzene rings is 1. The van der Waals surface area contributed by atoms with Crippen LogP contribution in [0.15, 0.2) is 42.0 Å². The lowest BCUT2D eigenvalue weighted by molar-refractivity contribution is -0.126. The number of rotatable bonds is 11. The Kier molecular flexibility index (Phi) is 9.48. The van der Waals surface area contributed by atoms with Crippen molar-refractivity contribution in [2.75, 3.05) is 20.3 Å². The van der Waals surface area contributed by atoms with Crippen LogP contribution in [0.2, 0.25) is 0 Å². The third-order valence-corrected chi connectivity index (χ3v) is 8.72. The third-order valence-electron chi connectivity index (χ3n) is 7.90. The molecule has 1 spiro atoms. The molecule has 5 rings (SSSR count). The van der Waals surface area contributed by atoms with Gasteiger partial charge in [-0.25, -0.2) is 14.4 Å². The van der Waals surface area contributed by atoms with Gasteiger partial charge in [0.1, 0.15) is 23.0 Å². The lowest BCUT2D eigenvalue weighted by Gasteiger charge is -2.50. The summed E-state index contributed by atoms with van der Waals surface area (Å²) < 4.78 is 25.9. The summed E-state index contributed by atoms with van der Waals surface area (Å²) in [4.78, 5) is 21.5. The van der Waals surface area contributed by atoms with Crippen molar-refractivity contribution >= 4 is 17.2 Å². The smallest absolute Gasteiger partial charge is 0.246 e. The van der Waals surface area contributed by atoms with Crippen LogP contribution in [0.4, 0.5) is 4.39 Å². The molecule has 0 bridgehead atoms. The lowest BCUT2D eigenvalue weighted by Crippen LogP contribution is -2.56. The number of thiazole rings is 1. The number of carbonyl (C=O) groups excluding carboxylic acids is 1. The quantitative estimate of drug-likeness (QED) is 0.256. The van der Waals surface area contributed by atoms with Gasteiger partial charge in [0.2, 0.25) is 11.8 Å². The van der Waals surface area contributed by atoms with Crippen molar-refractivity contribution in [1.29, 1.82) is 0 Å². The van der Waals surface area contributed by atoms with Gasteiger partial charge < -0.3 is 30.3 Å². The monoisotopic (exact) mass is 612 g/mol. The number of hydrogen-bond donors (Lipinski definition) is 4. The summed E-state index contributed by atoms with van der Waals surface area (Å²) in [5.74, 6) is -0.247. The molecule has 3 aromatic rings. The number of halogens is 1. The number of nitrogens with zero attached hydrogens (tertiary/aromatic N) is 2. The van der Waals surface area contributed by atoms with Gasteiger partial charge in [0.05, 0.1) is 18.2 Å². The second-order valence-electron chi connectivity index (χ2n) is 13.1. The van der Waals surface area contributed by atoms with E-state index in [1.54, 1.807) is 6.20 Å². The summed E-state index contributed by atoms with van der Waals surface area (Å²) >= 11 is 1.41. The zero-order valence-corrected chi connectivity index (χ0v) is 25.9. The van der Waals surface area contributed by atoms with Crippen molar-refractivity contribution in [3.63, 3.8) is 0 Å². The standard InChI is InChI=1S/C32H41FN4O5S/c1-31(2,3)12-20-9-24-26(15-32(13-23(38)14-32)42-29(24)36-16-20)35-17-27(39)25(37-28(40)18-41-4)10-19-7-21(11-22(33)8-19)30-34-5-6-43-30/h5-9,11,16,23,25-27,35,38-39H,10,12-15,17-18H2,1-4H3,(H,37,40)/t23?,25-,26-,27+,32?/m0/s1. The molecule has 1 saturated carbocycles. The number of aromatic nitrogens is 2. The second kappa shape index (κ2) is 13.0. The molecule has 2 aromatic heterocycles. The summed E-state index contributed by atoms with van der Waals surface area (Å²) in [6.07, 6.45) is 4.81. The van der Waals surface area contributed by atoms with E-state index < -0.39 is 29.7 Å². The van der Waals surface area contributed by atoms with E-state index in [4.69, 9.17) is 9.47 Å². The molecule has 3 atom stereocenters. The fourth-order valence-electron chi connectivity index (χ4n) is 6.10. The number of carbonyl (C=O) groups is 1. The molecule has 9 nitrogen and oxygen atoms in total. The number of fused-ring (bicyclic) bond motifs is 1. The van der Waals surface area contributed by atoms with Crippen LogP contribution in [-0.2, 0) is 22.4 Å². The Morgan fingerprint density at radius 2 is 2.00 bits per heavy atom. The highest BCUT2D eigenvalue weighted by Crippen LogP contribution is 2.48. The first-order valence-electron chi connectivity index (χ1n) is 14.7. The van der Waals surface area contributed by atoms with Gasteiger partial charge in [0.25, 0.3) is 0 Å². The van der Waals surface area contributed by atoms with Crippen molar-refractivity contribution in [3.8, 4) is 16.5 Å². The van der Waals surface area contributed by atoms with Gasteiger partial charge in [-0.2, -0.15) is 0 Å². The van der Waals surface area contributed by atoms with Gasteiger partial charge >= 0.3 is 0 Å². The number of pyridine rings is 1. The van der Waals surface area contributed by atoms with Gasteiger partial charge in [-0.3, -0.25) is 4.79 Å². The molecular weight excluding hydrogens is 571 g/mol. The van der Waals surface area contributed by atoms with Crippen molar-refractivity contribution < 1.29 is 28.9 Å². The van der Waals surface area contributed by atoms with Crippen LogP contribution in [-0.4, -0.2) is 70.2 Å². The Hall–Kier alpha value is -2.96. The first kappa shape index (κ1) is 31.5. The molecule has 232 valence electrons. The molecular formula is C32H41FN4O5S. The summed E-state index contributed by atoms with van der Waals surface area (Å²) in [5.41, 5.74) is 2.85. The van der Waals surface area contributed by atoms with Crippen molar-refractivity contribution in [2.24, 2.45) is 5.41 Å². The molecule has 1 aliphatic carbocycles. The van der Waals surface area contributed by atoms with E-state index in [0.717, 1.165) is 17.5 Å². The van der Waals surface area contributed by atoms with E-state index >= 15 is 0 Å². The van der Waals surface area contributed by atoms with Crippen molar-refractivity contribution in [3.05, 3.63) is 64.5 Å². The maximum absolute atomic E-state index is 14.6. The summed E-state index contributed by atoms with van der Waals surface area (Å²) in [6, 6.07) is 5.89. The van der Waals surface area contributed by atoms with E-state index in [2.05, 4.69) is 47.4 Å². The zero-order valence-electron chi connectivity index (χ0n) is 25.1. The Balaban J connectivity index is 1.35. The molecule has 2 aliphatic rings. The van der Waals surface area contributed by atoms with E-state index in [0.29, 0.717) is 41.3 Å². The largest absolute Gasteiger partial charge is 0.471 e. The molecule has 43 heavy (non-hydrogen) atoms. The third kappa shape index (κ3) is 7.96. The zero-order chi connectivity index (χ0) is 30.8. The predicted octanol–water partition coefficient (Wildman–Crippen LogP) is 3.97. The van der Waals surface area contributed by atoms with Crippen LogP contribution in [0.3, 0.4) is 0 Å². The van der Waals surface area contributed by atoms with Gasteiger partial charge in [-0.1, -0.05) is 20.8 Å². The summed E-state index contributed by atoms with van der Waals surface area (Å²) in [5, 5.41) is 30.4. The SMILES string of the molecule is COCC(=O)N[C@@H](Cc1cc(F)cc(-c2nccs2)c1)[C@H](O)CN[C@H]1CC2(CC(O)C2)Oc2ncc(CC(C)(C)C)cc21. The Morgan fingerprint density at radius 1 is 1.21 bits per heavy atom. The topological polar surface area (TPSA) is 126 Å². The van der Waals surface area contributed by atoms with Gasteiger partial charge in [0.15, 0.2) is 0 Å².